The predicted octanol–water partition coefficient (Wildman–Crippen LogP) is 11.9. The molecule has 2 heterocycles. The first-order valence-electron chi connectivity index (χ1n) is 27.7. The highest BCUT2D eigenvalue weighted by atomic mass is 16.3. The standard InChI is InChI=1S/C45H27N3O/c1-2-12-30(13-3-1)39-27-41-42(37-17-9-8-16-36(37)39)38-23-22-35(26-40(38)49-41)45-47-43(33-20-18-28-10-4-6-14-31(28)24-33)46-44(48-45)34-21-19-29-11-5-7-15-32(29)25-34/h1-27H/i1D,2D,3D,4D,5D,6D,7D,8D,9D,10D,11D,12D,13D,14D,15D,16D,17D,18D,19D,20D,21D,22D,23D,24D,25D,26D,27D. The molecule has 0 saturated carbocycles. The van der Waals surface area contributed by atoms with Gasteiger partial charge < -0.3 is 4.42 Å². The molecule has 0 aliphatic carbocycles. The van der Waals surface area contributed by atoms with E-state index in [1.54, 1.807) is 0 Å². The fraction of sp³-hybridized carbons (Fsp3) is 0. The van der Waals surface area contributed by atoms with Crippen molar-refractivity contribution in [3.8, 4) is 45.3 Å². The van der Waals surface area contributed by atoms with Gasteiger partial charge in [0.25, 0.3) is 0 Å². The Morgan fingerprint density at radius 2 is 0.878 bits per heavy atom. The average molecular weight is 653 g/mol. The van der Waals surface area contributed by atoms with Crippen LogP contribution in [-0.2, 0) is 0 Å². The van der Waals surface area contributed by atoms with Crippen LogP contribution in [0, 0.1) is 0 Å². The predicted molar refractivity (Wildman–Crippen MR) is 201 cm³/mol. The highest BCUT2D eigenvalue weighted by molar-refractivity contribution is 6.22. The van der Waals surface area contributed by atoms with Gasteiger partial charge in [-0.05, 0) is 73.7 Å². The van der Waals surface area contributed by atoms with Gasteiger partial charge in [0.2, 0.25) is 0 Å². The molecular formula is C45H27N3O. The SMILES string of the molecule is [2H]c1c([2H])c([2H])c(-c2c([2H])c3oc4c([2H])c(-c5nc(-c6c([2H])c([2H])c7c([2H])c([2H])c([2H])c([2H])c7c6[2H])nc(-c6c([2H])c([2H])c7c([2H])c([2H])c([2H])c([2H])c7c6[2H])n5)c([2H])c([2H])c4c3c3c([2H])c([2H])c([2H])c([2H])c23)c([2H])c1[2H]. The van der Waals surface area contributed by atoms with Gasteiger partial charge in [0.05, 0.1) is 37.0 Å². The van der Waals surface area contributed by atoms with E-state index in [4.69, 9.17) is 33.2 Å². The Labute approximate surface area is 319 Å². The molecule has 228 valence electrons. The monoisotopic (exact) mass is 652 g/mol. The molecule has 0 amide bonds. The number of aromatic nitrogens is 3. The van der Waals surface area contributed by atoms with Gasteiger partial charge in [-0.1, -0.05) is 133 Å². The molecule has 0 fully saturated rings. The number of benzene rings is 8. The van der Waals surface area contributed by atoms with Gasteiger partial charge in [0.1, 0.15) is 11.2 Å². The Balaban J connectivity index is 1.39. The van der Waals surface area contributed by atoms with Crippen LogP contribution in [0.3, 0.4) is 0 Å². The van der Waals surface area contributed by atoms with Crippen molar-refractivity contribution in [2.75, 3.05) is 0 Å². The molecule has 49 heavy (non-hydrogen) atoms. The van der Waals surface area contributed by atoms with Crippen molar-refractivity contribution < 1.29 is 41.4 Å². The molecule has 0 N–H and O–H groups in total. The van der Waals surface area contributed by atoms with Gasteiger partial charge in [0, 0.05) is 27.5 Å². The van der Waals surface area contributed by atoms with Crippen LogP contribution in [0.1, 0.15) is 37.0 Å². The Morgan fingerprint density at radius 1 is 0.367 bits per heavy atom. The molecular weight excluding hydrogens is 599 g/mol. The van der Waals surface area contributed by atoms with E-state index in [1.165, 1.54) is 0 Å². The van der Waals surface area contributed by atoms with Crippen LogP contribution in [0.5, 0.6) is 0 Å². The van der Waals surface area contributed by atoms with Gasteiger partial charge >= 0.3 is 0 Å². The quantitative estimate of drug-likeness (QED) is 0.190. The van der Waals surface area contributed by atoms with Crippen LogP contribution < -0.4 is 0 Å². The van der Waals surface area contributed by atoms with E-state index in [0.29, 0.717) is 0 Å². The molecule has 2 aromatic heterocycles. The van der Waals surface area contributed by atoms with Crippen LogP contribution in [0.2, 0.25) is 0 Å². The second-order valence-electron chi connectivity index (χ2n) is 10.3. The Hall–Kier alpha value is -6.65. The zero-order chi connectivity index (χ0) is 55.8. The number of fused-ring (bicyclic) bond motifs is 7. The highest BCUT2D eigenvalue weighted by Crippen LogP contribution is 2.41. The Kier molecular flexibility index (Phi) is 2.64. The van der Waals surface area contributed by atoms with E-state index in [9.17, 15) is 8.22 Å². The lowest BCUT2D eigenvalue weighted by molar-refractivity contribution is 0.669. The molecule has 0 saturated heterocycles. The zero-order valence-electron chi connectivity index (χ0n) is 51.2. The molecule has 8 aromatic carbocycles. The van der Waals surface area contributed by atoms with Crippen molar-refractivity contribution >= 4 is 54.3 Å². The second kappa shape index (κ2) is 11.0. The number of hydrogen-bond acceptors (Lipinski definition) is 4. The molecule has 4 heteroatoms. The molecule has 0 radical (unpaired) electrons. The lowest BCUT2D eigenvalue weighted by Crippen LogP contribution is -2.00. The summed E-state index contributed by atoms with van der Waals surface area (Å²) in [5.41, 5.74) is -4.87. The summed E-state index contributed by atoms with van der Waals surface area (Å²) in [7, 11) is 0. The fourth-order valence-corrected chi connectivity index (χ4v) is 5.27. The summed E-state index contributed by atoms with van der Waals surface area (Å²) >= 11 is 0. The number of nitrogens with zero attached hydrogens (tertiary/aromatic N) is 3. The van der Waals surface area contributed by atoms with Gasteiger partial charge in [-0.3, -0.25) is 0 Å². The zero-order valence-corrected chi connectivity index (χ0v) is 24.2. The Morgan fingerprint density at radius 3 is 1.51 bits per heavy atom. The maximum absolute atomic E-state index is 9.64. The van der Waals surface area contributed by atoms with E-state index < -0.39 is 263 Å². The maximum atomic E-state index is 9.64. The molecule has 0 aliphatic rings. The summed E-state index contributed by atoms with van der Waals surface area (Å²) in [6.07, 6.45) is 0. The summed E-state index contributed by atoms with van der Waals surface area (Å²) in [6.45, 7) is 0. The first kappa shape index (κ1) is 11.8. The minimum atomic E-state index is -0.962. The maximum Gasteiger partial charge on any atom is 0.164 e. The van der Waals surface area contributed by atoms with E-state index in [-0.39, 0.29) is 0 Å². The van der Waals surface area contributed by atoms with Crippen LogP contribution in [0.25, 0.3) is 99.5 Å². The fourth-order valence-electron chi connectivity index (χ4n) is 5.27. The van der Waals surface area contributed by atoms with Crippen molar-refractivity contribution in [1.82, 2.24) is 15.0 Å². The molecule has 10 aromatic rings. The third-order valence-corrected chi connectivity index (χ3v) is 7.44. The molecule has 4 nitrogen and oxygen atoms in total. The number of rotatable bonds is 4. The topological polar surface area (TPSA) is 51.8 Å². The van der Waals surface area contributed by atoms with Gasteiger partial charge in [0.15, 0.2) is 17.5 Å². The lowest BCUT2D eigenvalue weighted by Gasteiger charge is -2.10. The first-order chi connectivity index (χ1) is 35.5. The van der Waals surface area contributed by atoms with Crippen LogP contribution >= 0.6 is 0 Å². The molecule has 10 rings (SSSR count). The summed E-state index contributed by atoms with van der Waals surface area (Å²) < 4.78 is 244. The van der Waals surface area contributed by atoms with E-state index in [2.05, 4.69) is 15.0 Å². The number of hydrogen-bond donors (Lipinski definition) is 0. The van der Waals surface area contributed by atoms with Gasteiger partial charge in [-0.15, -0.1) is 0 Å². The van der Waals surface area contributed by atoms with Crippen molar-refractivity contribution in [3.05, 3.63) is 163 Å². The average Bonchev–Trinajstić information content (AvgIpc) is 3.90. The smallest absolute Gasteiger partial charge is 0.164 e. The third-order valence-electron chi connectivity index (χ3n) is 7.44. The summed E-state index contributed by atoms with van der Waals surface area (Å²) in [4.78, 5) is 13.1. The largest absolute Gasteiger partial charge is 0.456 e. The van der Waals surface area contributed by atoms with Crippen LogP contribution in [-0.4, -0.2) is 15.0 Å². The molecule has 0 spiro atoms. The molecule has 0 aliphatic heterocycles. The summed E-state index contributed by atoms with van der Waals surface area (Å²) in [5.74, 6) is -2.54. The molecule has 0 bridgehead atoms. The summed E-state index contributed by atoms with van der Waals surface area (Å²) in [5, 5.41) is -4.23. The second-order valence-corrected chi connectivity index (χ2v) is 10.3. The minimum absolute atomic E-state index is 0.434. The highest BCUT2D eigenvalue weighted by Gasteiger charge is 2.18. The molecule has 0 atom stereocenters. The summed E-state index contributed by atoms with van der Waals surface area (Å²) in [6, 6.07) is -22.9. The van der Waals surface area contributed by atoms with Gasteiger partial charge in [-0.2, -0.15) is 0 Å². The van der Waals surface area contributed by atoms with Gasteiger partial charge in [-0.25, -0.2) is 15.0 Å². The lowest BCUT2D eigenvalue weighted by atomic mass is 9.95. The minimum Gasteiger partial charge on any atom is -0.456 e. The van der Waals surface area contributed by atoms with E-state index in [0.717, 1.165) is 0 Å². The van der Waals surface area contributed by atoms with Crippen molar-refractivity contribution in [2.24, 2.45) is 0 Å². The molecule has 0 unspecified atom stereocenters. The third kappa shape index (κ3) is 4.65. The Bertz CT molecular complexity index is 4270. The van der Waals surface area contributed by atoms with Crippen LogP contribution in [0.15, 0.2) is 168 Å². The van der Waals surface area contributed by atoms with E-state index >= 15 is 0 Å². The first-order valence-corrected chi connectivity index (χ1v) is 14.2. The van der Waals surface area contributed by atoms with E-state index in [1.807, 2.05) is 0 Å². The normalized spacial score (nSPS) is 19.4. The number of furan rings is 1. The van der Waals surface area contributed by atoms with Crippen molar-refractivity contribution in [1.29, 1.82) is 0 Å². The van der Waals surface area contributed by atoms with Crippen molar-refractivity contribution in [2.45, 2.75) is 0 Å². The van der Waals surface area contributed by atoms with Crippen molar-refractivity contribution in [3.63, 3.8) is 0 Å². The van der Waals surface area contributed by atoms with Crippen LogP contribution in [0.4, 0.5) is 0 Å².